The van der Waals surface area contributed by atoms with Crippen LogP contribution in [0.2, 0.25) is 5.02 Å². The van der Waals surface area contributed by atoms with Gasteiger partial charge in [-0.05, 0) is 94.1 Å². The number of pyridine rings is 1. The van der Waals surface area contributed by atoms with Crippen LogP contribution in [0.5, 0.6) is 0 Å². The van der Waals surface area contributed by atoms with E-state index in [0.717, 1.165) is 42.3 Å². The summed E-state index contributed by atoms with van der Waals surface area (Å²) in [6, 6.07) is 5.92. The van der Waals surface area contributed by atoms with Crippen molar-refractivity contribution < 1.29 is 19.0 Å². The predicted octanol–water partition coefficient (Wildman–Crippen LogP) is 4.54. The van der Waals surface area contributed by atoms with Crippen molar-refractivity contribution in [3.8, 4) is 0 Å². The molecule has 2 saturated heterocycles. The fourth-order valence-corrected chi connectivity index (χ4v) is 6.01. The maximum atomic E-state index is 14.4. The lowest BCUT2D eigenvalue weighted by atomic mass is 9.85. The maximum Gasteiger partial charge on any atom is 0.229 e. The van der Waals surface area contributed by atoms with E-state index in [2.05, 4.69) is 21.3 Å². The summed E-state index contributed by atoms with van der Waals surface area (Å²) in [6.07, 6.45) is 3.27. The Hall–Kier alpha value is -1.80. The van der Waals surface area contributed by atoms with Gasteiger partial charge in [0.2, 0.25) is 5.91 Å². The Balaban J connectivity index is 1.29. The van der Waals surface area contributed by atoms with E-state index in [-0.39, 0.29) is 24.3 Å². The highest BCUT2D eigenvalue weighted by Crippen LogP contribution is 2.47. The average Bonchev–Trinajstić information content (AvgIpc) is 3.54. The number of hydrogen-bond donors (Lipinski definition) is 2. The summed E-state index contributed by atoms with van der Waals surface area (Å²) in [6.45, 7) is 7.68. The lowest BCUT2D eigenvalue weighted by Gasteiger charge is -2.43. The molecule has 2 aliphatic heterocycles. The standard InChI is InChI=1S/C26H33ClFN3O3/c1-25(2,33)20-11-19(20)24(32)30-23-10-16-8-18(21(27)9-17(16)12-29-23)15-4-6-31(7-5-15)26(3)14-34-13-22(26)28/h8-10,12,15,19-20,22,33H,4-7,11,13-14H2,1-3H3,(H,29,30,32)/t19-,20?,22+,26-/m1/s1. The number of aliphatic hydroxyl groups is 1. The molecular formula is C26H33ClFN3O3. The van der Waals surface area contributed by atoms with Gasteiger partial charge in [0.25, 0.3) is 0 Å². The van der Waals surface area contributed by atoms with Gasteiger partial charge in [0.05, 0.1) is 24.4 Å². The first-order valence-corrected chi connectivity index (χ1v) is 12.5. The predicted molar refractivity (Wildman–Crippen MR) is 131 cm³/mol. The Bertz CT molecular complexity index is 1100. The number of rotatable bonds is 5. The fraction of sp³-hybridized carbons (Fsp3) is 0.615. The fourth-order valence-electron chi connectivity index (χ4n) is 5.68. The highest BCUT2D eigenvalue weighted by Gasteiger charge is 2.51. The molecule has 1 amide bonds. The minimum atomic E-state index is -0.955. The summed E-state index contributed by atoms with van der Waals surface area (Å²) in [4.78, 5) is 19.2. The molecule has 5 rings (SSSR count). The van der Waals surface area contributed by atoms with E-state index >= 15 is 0 Å². The third-order valence-corrected chi connectivity index (χ3v) is 8.44. The first-order valence-electron chi connectivity index (χ1n) is 12.2. The maximum absolute atomic E-state index is 14.4. The van der Waals surface area contributed by atoms with Gasteiger partial charge in [-0.2, -0.15) is 0 Å². The summed E-state index contributed by atoms with van der Waals surface area (Å²) in [5, 5.41) is 15.7. The number of likely N-dealkylation sites (tertiary alicyclic amines) is 1. The van der Waals surface area contributed by atoms with Gasteiger partial charge >= 0.3 is 0 Å². The zero-order valence-corrected chi connectivity index (χ0v) is 20.7. The minimum absolute atomic E-state index is 0.0186. The molecule has 2 aromatic rings. The molecule has 4 atom stereocenters. The van der Waals surface area contributed by atoms with Crippen molar-refractivity contribution >= 4 is 34.1 Å². The van der Waals surface area contributed by atoms with E-state index in [9.17, 15) is 14.3 Å². The van der Waals surface area contributed by atoms with Crippen LogP contribution in [0.3, 0.4) is 0 Å². The van der Waals surface area contributed by atoms with Crippen molar-refractivity contribution in [3.05, 3.63) is 35.0 Å². The molecular weight excluding hydrogens is 457 g/mol. The lowest BCUT2D eigenvalue weighted by molar-refractivity contribution is -0.118. The molecule has 6 nitrogen and oxygen atoms in total. The Labute approximate surface area is 204 Å². The highest BCUT2D eigenvalue weighted by molar-refractivity contribution is 6.32. The molecule has 0 radical (unpaired) electrons. The van der Waals surface area contributed by atoms with E-state index in [1.54, 1.807) is 20.0 Å². The number of alkyl halides is 1. The zero-order valence-electron chi connectivity index (χ0n) is 20.0. The van der Waals surface area contributed by atoms with Crippen molar-refractivity contribution in [2.24, 2.45) is 11.8 Å². The molecule has 34 heavy (non-hydrogen) atoms. The number of carbonyl (C=O) groups is 1. The van der Waals surface area contributed by atoms with Crippen LogP contribution in [0.15, 0.2) is 24.4 Å². The molecule has 0 spiro atoms. The Morgan fingerprint density at radius 3 is 2.65 bits per heavy atom. The van der Waals surface area contributed by atoms with Crippen molar-refractivity contribution in [2.75, 3.05) is 31.6 Å². The Kier molecular flexibility index (Phi) is 6.12. The second-order valence-corrected chi connectivity index (χ2v) is 11.4. The molecule has 1 aromatic heterocycles. The van der Waals surface area contributed by atoms with Crippen LogP contribution in [0.25, 0.3) is 10.8 Å². The van der Waals surface area contributed by atoms with Gasteiger partial charge in [0.15, 0.2) is 0 Å². The topological polar surface area (TPSA) is 74.7 Å². The van der Waals surface area contributed by atoms with E-state index in [0.29, 0.717) is 29.8 Å². The highest BCUT2D eigenvalue weighted by atomic mass is 35.5. The molecule has 1 aromatic carbocycles. The number of halogens is 2. The van der Waals surface area contributed by atoms with Crippen molar-refractivity contribution in [1.82, 2.24) is 9.88 Å². The third-order valence-electron chi connectivity index (χ3n) is 8.11. The molecule has 1 aliphatic carbocycles. The Morgan fingerprint density at radius 2 is 2.03 bits per heavy atom. The van der Waals surface area contributed by atoms with Crippen molar-refractivity contribution in [3.63, 3.8) is 0 Å². The number of amides is 1. The number of piperidine rings is 1. The normalized spacial score (nSPS) is 30.6. The molecule has 0 bridgehead atoms. The molecule has 1 saturated carbocycles. The van der Waals surface area contributed by atoms with Crippen LogP contribution in [0, 0.1) is 11.8 Å². The van der Waals surface area contributed by atoms with Gasteiger partial charge in [-0.1, -0.05) is 11.6 Å². The van der Waals surface area contributed by atoms with Gasteiger partial charge in [-0.3, -0.25) is 9.69 Å². The number of nitrogens with zero attached hydrogens (tertiary/aromatic N) is 2. The molecule has 3 aliphatic rings. The van der Waals surface area contributed by atoms with Crippen LogP contribution in [0.4, 0.5) is 10.2 Å². The van der Waals surface area contributed by atoms with Gasteiger partial charge in [-0.25, -0.2) is 9.37 Å². The second kappa shape index (κ2) is 8.70. The summed E-state index contributed by atoms with van der Waals surface area (Å²) < 4.78 is 19.8. The van der Waals surface area contributed by atoms with Crippen LogP contribution in [0.1, 0.15) is 51.5 Å². The van der Waals surface area contributed by atoms with Crippen LogP contribution in [-0.4, -0.2) is 64.5 Å². The molecule has 3 fully saturated rings. The number of nitrogens with one attached hydrogen (secondary N) is 1. The first-order chi connectivity index (χ1) is 16.1. The summed E-state index contributed by atoms with van der Waals surface area (Å²) >= 11 is 6.67. The molecule has 3 heterocycles. The minimum Gasteiger partial charge on any atom is -0.390 e. The van der Waals surface area contributed by atoms with E-state index in [4.69, 9.17) is 16.3 Å². The molecule has 2 N–H and O–H groups in total. The van der Waals surface area contributed by atoms with E-state index in [1.807, 2.05) is 19.1 Å². The number of fused-ring (bicyclic) bond motifs is 1. The smallest absolute Gasteiger partial charge is 0.229 e. The van der Waals surface area contributed by atoms with Crippen molar-refractivity contribution in [1.29, 1.82) is 0 Å². The monoisotopic (exact) mass is 489 g/mol. The first kappa shape index (κ1) is 23.9. The van der Waals surface area contributed by atoms with E-state index in [1.165, 1.54) is 0 Å². The number of hydrogen-bond acceptors (Lipinski definition) is 5. The molecule has 8 heteroatoms. The number of anilines is 1. The van der Waals surface area contributed by atoms with Gasteiger partial charge in [0.1, 0.15) is 12.0 Å². The van der Waals surface area contributed by atoms with Crippen LogP contribution >= 0.6 is 11.6 Å². The summed E-state index contributed by atoms with van der Waals surface area (Å²) in [7, 11) is 0. The van der Waals surface area contributed by atoms with E-state index < -0.39 is 17.3 Å². The van der Waals surface area contributed by atoms with Gasteiger partial charge < -0.3 is 15.2 Å². The number of benzene rings is 1. The third kappa shape index (κ3) is 4.43. The second-order valence-electron chi connectivity index (χ2n) is 11.0. The van der Waals surface area contributed by atoms with Crippen molar-refractivity contribution in [2.45, 2.75) is 63.3 Å². The molecule has 184 valence electrons. The summed E-state index contributed by atoms with van der Waals surface area (Å²) in [5.74, 6) is 0.498. The largest absolute Gasteiger partial charge is 0.390 e. The number of carbonyl (C=O) groups excluding carboxylic acids is 1. The van der Waals surface area contributed by atoms with Gasteiger partial charge in [0, 0.05) is 22.5 Å². The lowest BCUT2D eigenvalue weighted by Crippen LogP contribution is -2.55. The van der Waals surface area contributed by atoms with Crippen LogP contribution in [-0.2, 0) is 9.53 Å². The van der Waals surface area contributed by atoms with Crippen LogP contribution < -0.4 is 5.32 Å². The quantitative estimate of drug-likeness (QED) is 0.645. The number of aromatic nitrogens is 1. The summed E-state index contributed by atoms with van der Waals surface area (Å²) in [5.41, 5.74) is -0.304. The van der Waals surface area contributed by atoms with Gasteiger partial charge in [-0.15, -0.1) is 0 Å². The molecule has 1 unspecified atom stereocenters. The SMILES string of the molecule is CC(C)(O)C1C[C@H]1C(=O)Nc1cc2cc(C3CCN([C@]4(C)COC[C@@H]4F)CC3)c(Cl)cc2cn1. The number of ether oxygens (including phenoxy) is 1. The average molecular weight is 490 g/mol. The Morgan fingerprint density at radius 1 is 1.29 bits per heavy atom. The zero-order chi connectivity index (χ0) is 24.3.